The van der Waals surface area contributed by atoms with Crippen molar-refractivity contribution < 1.29 is 24.2 Å². The van der Waals surface area contributed by atoms with Crippen LogP contribution in [-0.2, 0) is 26.3 Å². The highest BCUT2D eigenvalue weighted by Gasteiger charge is 2.94. The number of hydrogen-bond acceptors (Lipinski definition) is 8. The number of aryl methyl sites for hydroxylation is 1. The number of fused-ring (bicyclic) bond motifs is 10. The third-order valence-corrected chi connectivity index (χ3v) is 31.9. The Morgan fingerprint density at radius 3 is 2.47 bits per heavy atom. The summed E-state index contributed by atoms with van der Waals surface area (Å²) >= 11 is 0. The van der Waals surface area contributed by atoms with Gasteiger partial charge in [-0.3, -0.25) is 9.69 Å². The zero-order valence-corrected chi connectivity index (χ0v) is 51.7. The van der Waals surface area contributed by atoms with E-state index in [1.165, 1.54) is 173 Å². The Hall–Kier alpha value is -4.06. The number of carbonyl (C=O) groups is 2. The Kier molecular flexibility index (Phi) is 11.1. The largest absolute Gasteiger partial charge is 0.509 e. The lowest BCUT2D eigenvalue weighted by Gasteiger charge is -2.74. The molecule has 3 saturated heterocycles. The van der Waals surface area contributed by atoms with Gasteiger partial charge in [-0.25, -0.2) is 4.79 Å². The molecule has 0 amide bonds. The van der Waals surface area contributed by atoms with E-state index >= 15 is 9.59 Å². The number of nitrogens with zero attached hydrogens (tertiary/aromatic N) is 2. The Morgan fingerprint density at radius 2 is 1.59 bits per heavy atom. The van der Waals surface area contributed by atoms with Crippen molar-refractivity contribution in [1.29, 1.82) is 0 Å². The SMILES string of the molecule is NCCCc1cccc2c1C(=O)O[C@@]21[C@H]2C[C@H](C3CCCCC3)/C=C\[C@@H]3C4=C5CC[C@]16/C(=C(\O)C[C@H]1[C@@H]7CC8(CCCC8)[C@@]8(CCC[C@@]89CCC[C@H]9C#CC[C@H]8[C@@H]9C[C@H](CN81)[C@H]1CCC8=C([C@@H]5[C@@H]5[C@H]3C=CC3(CCCCC3)[C@@H]5C8)N1C9)C7)OC(=O)[C@]426. The number of hydrogen-bond donors (Lipinski definition) is 2. The summed E-state index contributed by atoms with van der Waals surface area (Å²) in [6, 6.07) is 7.47. The zero-order chi connectivity index (χ0) is 56.9. The minimum Gasteiger partial charge on any atom is -0.509 e. The Labute approximate surface area is 512 Å². The smallest absolute Gasteiger partial charge is 0.339 e. The van der Waals surface area contributed by atoms with Gasteiger partial charge in [0, 0.05) is 79.0 Å². The van der Waals surface area contributed by atoms with Crippen LogP contribution >= 0.6 is 0 Å². The van der Waals surface area contributed by atoms with Crippen LogP contribution in [0.15, 0.2) is 76.4 Å². The summed E-state index contributed by atoms with van der Waals surface area (Å²) in [5, 5.41) is 14.5. The van der Waals surface area contributed by atoms with Gasteiger partial charge in [-0.1, -0.05) is 124 Å². The number of nitrogens with two attached hydrogens (primary N) is 1. The highest BCUT2D eigenvalue weighted by molar-refractivity contribution is 6.00. The molecule has 19 aliphatic rings. The predicted octanol–water partition coefficient (Wildman–Crippen LogP) is 15.3. The number of allylic oxidation sites excluding steroid dienone is 6. The lowest BCUT2D eigenvalue weighted by Crippen LogP contribution is -2.78. The van der Waals surface area contributed by atoms with Gasteiger partial charge < -0.3 is 25.2 Å². The Balaban J connectivity index is 0.872. The van der Waals surface area contributed by atoms with Crippen molar-refractivity contribution >= 4 is 11.9 Å². The molecule has 7 saturated carbocycles. The molecule has 20 rings (SSSR count). The minimum absolute atomic E-state index is 0.0280. The fourth-order valence-corrected chi connectivity index (χ4v) is 29.6. The van der Waals surface area contributed by atoms with E-state index in [1.54, 1.807) is 16.8 Å². The number of esters is 2. The van der Waals surface area contributed by atoms with Gasteiger partial charge >= 0.3 is 11.9 Å². The summed E-state index contributed by atoms with van der Waals surface area (Å²) in [5.74, 6) is 12.8. The number of aliphatic hydroxyl groups excluding tert-OH is 1. The number of benzene rings is 1. The van der Waals surface area contributed by atoms with Crippen LogP contribution in [0.2, 0.25) is 0 Å². The van der Waals surface area contributed by atoms with Crippen molar-refractivity contribution in [1.82, 2.24) is 9.80 Å². The second-order valence-corrected chi connectivity index (χ2v) is 33.8. The fourth-order valence-electron chi connectivity index (χ4n) is 29.6. The summed E-state index contributed by atoms with van der Waals surface area (Å²) in [4.78, 5) is 39.3. The van der Waals surface area contributed by atoms with Gasteiger partial charge in [-0.05, 0) is 222 Å². The molecule has 0 radical (unpaired) electrons. The van der Waals surface area contributed by atoms with Crippen LogP contribution in [0.5, 0.6) is 0 Å². The summed E-state index contributed by atoms with van der Waals surface area (Å²) in [6.45, 7) is 2.73. The number of carbonyl (C=O) groups excluding carboxylic acids is 2. The van der Waals surface area contributed by atoms with Crippen molar-refractivity contribution in [2.45, 2.75) is 236 Å². The Morgan fingerprint density at radius 1 is 0.756 bits per heavy atom. The molecule has 8 nitrogen and oxygen atoms in total. The second-order valence-electron chi connectivity index (χ2n) is 33.8. The molecule has 1 aromatic rings. The molecule has 7 aliphatic heterocycles. The van der Waals surface area contributed by atoms with Crippen LogP contribution in [0.1, 0.15) is 227 Å². The second kappa shape index (κ2) is 18.1. The standard InChI is InChI=1S/C78H97N3O5/c79-37-12-17-47-16-9-20-57-64(47)70(83)86-78(57)63-40-48(46-14-3-1-4-15-46)22-24-55-54-26-35-72(28-5-2-6-29-72)58-39-49-23-25-60-50-38-51-45-81(60)68(49)66(65(54)58)56-27-36-76(78)69(85-71(84)77(63,76)67(55)56)62(82)41-61-52-42-73(30-7-8-31-73)75(43-52)34-13-33-74(75)32-11-19-53(74)18-10-21-59(51)80(61)44-50/h9,16,20,22,24,26,35,46,48,50-55,58-61,63,65-66,82H,1-8,11-15,17,19,21,23,25,27-34,36-45,79H2/b24-22-,69-62+/t48-,50-,51-,52-,53-,54+,55+,58-,59+,60-,61+,63+,65-,66+,74-,75-,76-,77-,78-/m1/s1. The number of piperidine rings is 2. The van der Waals surface area contributed by atoms with Gasteiger partial charge in [0.25, 0.3) is 0 Å². The van der Waals surface area contributed by atoms with Crippen LogP contribution < -0.4 is 5.73 Å². The van der Waals surface area contributed by atoms with Crippen molar-refractivity contribution in [3.8, 4) is 11.8 Å². The van der Waals surface area contributed by atoms with Crippen molar-refractivity contribution in [3.63, 3.8) is 0 Å². The molecule has 0 unspecified atom stereocenters. The monoisotopic (exact) mass is 1160 g/mol. The van der Waals surface area contributed by atoms with Gasteiger partial charge in [0.1, 0.15) is 11.2 Å². The molecular formula is C78H97N3O5. The van der Waals surface area contributed by atoms with Gasteiger partial charge in [0.2, 0.25) is 0 Å². The molecule has 3 N–H and O–H groups in total. The van der Waals surface area contributed by atoms with Gasteiger partial charge in [0.05, 0.1) is 11.0 Å². The fraction of sp³-hybridized carbons (Fsp3) is 0.744. The average Bonchev–Trinajstić information content (AvgIpc) is 1.30. The quantitative estimate of drug-likeness (QED) is 0.175. The summed E-state index contributed by atoms with van der Waals surface area (Å²) in [6.07, 6.45) is 49.8. The minimum atomic E-state index is -1.18. The molecule has 12 aliphatic carbocycles. The summed E-state index contributed by atoms with van der Waals surface area (Å²) in [5.41, 5.74) is 13.2. The highest BCUT2D eigenvalue weighted by Crippen LogP contribution is 2.89. The molecule has 454 valence electrons. The maximum absolute atomic E-state index is 17.3. The normalized spacial score (nSPS) is 49.2. The van der Waals surface area contributed by atoms with E-state index in [2.05, 4.69) is 64.1 Å². The van der Waals surface area contributed by atoms with Gasteiger partial charge in [0.15, 0.2) is 11.4 Å². The Bertz CT molecular complexity index is 3370. The molecule has 7 heterocycles. The van der Waals surface area contributed by atoms with Crippen molar-refractivity contribution in [3.05, 3.63) is 93.1 Å². The molecule has 1 aromatic carbocycles. The van der Waals surface area contributed by atoms with E-state index in [-0.39, 0.29) is 58.4 Å². The summed E-state index contributed by atoms with van der Waals surface area (Å²) < 4.78 is 15.3. The third kappa shape index (κ3) is 6.05. The maximum Gasteiger partial charge on any atom is 0.339 e. The van der Waals surface area contributed by atoms with E-state index < -0.39 is 16.4 Å². The lowest BCUT2D eigenvalue weighted by molar-refractivity contribution is -0.283. The maximum atomic E-state index is 17.3. The molecular weight excluding hydrogens is 1060 g/mol. The molecule has 10 fully saturated rings. The van der Waals surface area contributed by atoms with Crippen LogP contribution in [0.25, 0.3) is 0 Å². The van der Waals surface area contributed by atoms with Crippen LogP contribution in [0.4, 0.5) is 0 Å². The first-order chi connectivity index (χ1) is 42.1. The average molecular weight is 1160 g/mol. The van der Waals surface area contributed by atoms with Crippen LogP contribution in [-0.4, -0.2) is 64.6 Å². The number of rotatable bonds is 4. The highest BCUT2D eigenvalue weighted by atomic mass is 16.6. The van der Waals surface area contributed by atoms with E-state index in [9.17, 15) is 5.11 Å². The molecule has 86 heavy (non-hydrogen) atoms. The zero-order valence-electron chi connectivity index (χ0n) is 51.7. The van der Waals surface area contributed by atoms with Crippen molar-refractivity contribution in [2.24, 2.45) is 109 Å². The number of aliphatic hydroxyl groups is 1. The topological polar surface area (TPSA) is 105 Å². The van der Waals surface area contributed by atoms with E-state index in [4.69, 9.17) is 15.2 Å². The molecule has 10 bridgehead atoms. The molecule has 8 heteroatoms. The lowest BCUT2D eigenvalue weighted by atomic mass is 9.26. The first-order valence-corrected chi connectivity index (χ1v) is 36.7. The third-order valence-electron chi connectivity index (χ3n) is 31.9. The summed E-state index contributed by atoms with van der Waals surface area (Å²) in [7, 11) is 0. The van der Waals surface area contributed by atoms with Crippen molar-refractivity contribution in [2.75, 3.05) is 19.6 Å². The predicted molar refractivity (Wildman–Crippen MR) is 331 cm³/mol. The van der Waals surface area contributed by atoms with E-state index in [0.29, 0.717) is 107 Å². The molecule has 19 atom stereocenters. The first kappa shape index (κ1) is 52.7. The molecule has 0 aromatic heterocycles. The van der Waals surface area contributed by atoms with E-state index in [0.717, 1.165) is 49.9 Å². The van der Waals surface area contributed by atoms with E-state index in [1.807, 2.05) is 0 Å². The van der Waals surface area contributed by atoms with Crippen LogP contribution in [0.3, 0.4) is 0 Å². The first-order valence-electron chi connectivity index (χ1n) is 36.7. The van der Waals surface area contributed by atoms with Gasteiger partial charge in [-0.15, -0.1) is 5.92 Å². The number of ether oxygens (including phenoxy) is 2. The van der Waals surface area contributed by atoms with Crippen LogP contribution in [0, 0.1) is 115 Å². The molecule has 7 spiro atoms. The van der Waals surface area contributed by atoms with Gasteiger partial charge in [-0.2, -0.15) is 0 Å².